The van der Waals surface area contributed by atoms with E-state index < -0.39 is 0 Å². The van der Waals surface area contributed by atoms with Gasteiger partial charge in [-0.1, -0.05) is 38.8 Å². The van der Waals surface area contributed by atoms with E-state index in [1.807, 2.05) is 11.8 Å². The first kappa shape index (κ1) is 17.5. The molecule has 0 spiro atoms. The van der Waals surface area contributed by atoms with Crippen molar-refractivity contribution in [3.05, 3.63) is 47.0 Å². The molecule has 1 atom stereocenters. The summed E-state index contributed by atoms with van der Waals surface area (Å²) in [5.74, 6) is 0.988. The maximum Gasteiger partial charge on any atom is 0.253 e. The molecule has 0 aromatic heterocycles. The maximum atomic E-state index is 13.1. The average Bonchev–Trinajstić information content (AvgIpc) is 2.56. The van der Waals surface area contributed by atoms with Gasteiger partial charge in [-0.15, -0.1) is 0 Å². The number of methoxy groups -OCH3 is 1. The first-order chi connectivity index (χ1) is 11.0. The second-order valence-electron chi connectivity index (χ2n) is 6.16. The van der Waals surface area contributed by atoms with Gasteiger partial charge in [-0.25, -0.2) is 4.39 Å². The van der Waals surface area contributed by atoms with Crippen molar-refractivity contribution in [3.8, 4) is 0 Å². The van der Waals surface area contributed by atoms with E-state index in [4.69, 9.17) is 4.74 Å². The van der Waals surface area contributed by atoms with Gasteiger partial charge in [0.25, 0.3) is 5.91 Å². The Kier molecular flexibility index (Phi) is 5.80. The third-order valence-corrected chi connectivity index (χ3v) is 4.90. The van der Waals surface area contributed by atoms with E-state index in [1.165, 1.54) is 12.1 Å². The summed E-state index contributed by atoms with van der Waals surface area (Å²) in [6.07, 6.45) is 2.79. The molecule has 2 rings (SSSR count). The molecule has 0 radical (unpaired) electrons. The van der Waals surface area contributed by atoms with Crippen LogP contribution in [0.25, 0.3) is 0 Å². The molecule has 0 fully saturated rings. The summed E-state index contributed by atoms with van der Waals surface area (Å²) in [5, 5.41) is 0. The lowest BCUT2D eigenvalue weighted by atomic mass is 9.86. The van der Waals surface area contributed by atoms with Crippen molar-refractivity contribution in [3.63, 3.8) is 0 Å². The lowest BCUT2D eigenvalue weighted by Gasteiger charge is -2.40. The predicted molar refractivity (Wildman–Crippen MR) is 89.1 cm³/mol. The molecule has 23 heavy (non-hydrogen) atoms. The van der Waals surface area contributed by atoms with E-state index in [1.54, 1.807) is 19.2 Å². The van der Waals surface area contributed by atoms with Gasteiger partial charge >= 0.3 is 0 Å². The number of benzene rings is 1. The van der Waals surface area contributed by atoms with Crippen molar-refractivity contribution in [2.24, 2.45) is 5.92 Å². The first-order valence-electron chi connectivity index (χ1n) is 8.30. The minimum Gasteiger partial charge on any atom is -0.501 e. The van der Waals surface area contributed by atoms with Crippen molar-refractivity contribution < 1.29 is 13.9 Å². The fourth-order valence-electron chi connectivity index (χ4n) is 3.40. The number of carbonyl (C=O) groups is 1. The van der Waals surface area contributed by atoms with Crippen molar-refractivity contribution >= 4 is 5.91 Å². The second kappa shape index (κ2) is 7.62. The van der Waals surface area contributed by atoms with Gasteiger partial charge in [0.15, 0.2) is 0 Å². The number of carbonyl (C=O) groups excluding carboxylic acids is 1. The molecule has 1 aliphatic heterocycles. The molecular formula is C19H26FNO2. The van der Waals surface area contributed by atoms with Crippen molar-refractivity contribution in [2.45, 2.75) is 52.6 Å². The standard InChI is InChI=1S/C19H26FNO2/c1-5-15(6-2)17-11-18(23-4)13(3)19(22)21(17)12-14-7-9-16(20)10-8-14/h7-10,15,17H,5-6,11-12H2,1-4H3. The fraction of sp³-hybridized carbons (Fsp3) is 0.526. The Morgan fingerprint density at radius 1 is 1.26 bits per heavy atom. The predicted octanol–water partition coefficient (Wildman–Crippen LogP) is 4.28. The number of nitrogens with zero attached hydrogens (tertiary/aromatic N) is 1. The van der Waals surface area contributed by atoms with E-state index in [-0.39, 0.29) is 17.8 Å². The van der Waals surface area contributed by atoms with Crippen LogP contribution in [0, 0.1) is 11.7 Å². The minimum atomic E-state index is -0.256. The van der Waals surface area contributed by atoms with Gasteiger partial charge in [-0.2, -0.15) is 0 Å². The highest BCUT2D eigenvalue weighted by Gasteiger charge is 2.36. The summed E-state index contributed by atoms with van der Waals surface area (Å²) in [4.78, 5) is 14.8. The monoisotopic (exact) mass is 319 g/mol. The Morgan fingerprint density at radius 3 is 2.39 bits per heavy atom. The molecule has 1 aromatic carbocycles. The Bertz CT molecular complexity index is 576. The quantitative estimate of drug-likeness (QED) is 0.783. The molecule has 3 nitrogen and oxygen atoms in total. The molecule has 0 N–H and O–H groups in total. The third kappa shape index (κ3) is 3.74. The molecule has 0 saturated heterocycles. The van der Waals surface area contributed by atoms with Crippen LogP contribution in [0.15, 0.2) is 35.6 Å². The number of ether oxygens (including phenoxy) is 1. The summed E-state index contributed by atoms with van der Waals surface area (Å²) < 4.78 is 18.6. The Morgan fingerprint density at radius 2 is 1.87 bits per heavy atom. The average molecular weight is 319 g/mol. The van der Waals surface area contributed by atoms with Gasteiger partial charge < -0.3 is 9.64 Å². The number of hydrogen-bond donors (Lipinski definition) is 0. The molecule has 126 valence electrons. The topological polar surface area (TPSA) is 29.5 Å². The van der Waals surface area contributed by atoms with Gasteiger partial charge in [-0.3, -0.25) is 4.79 Å². The van der Waals surface area contributed by atoms with Crippen LogP contribution in [-0.2, 0) is 16.1 Å². The zero-order valence-corrected chi connectivity index (χ0v) is 14.4. The molecule has 0 bridgehead atoms. The summed E-state index contributed by atoms with van der Waals surface area (Å²) in [6.45, 7) is 6.65. The normalized spacial score (nSPS) is 18.8. The highest BCUT2D eigenvalue weighted by molar-refractivity contribution is 5.94. The zero-order valence-electron chi connectivity index (χ0n) is 14.4. The van der Waals surface area contributed by atoms with Crippen LogP contribution >= 0.6 is 0 Å². The summed E-state index contributed by atoms with van der Waals surface area (Å²) in [5.41, 5.74) is 1.63. The van der Waals surface area contributed by atoms with Crippen molar-refractivity contribution in [2.75, 3.05) is 7.11 Å². The largest absolute Gasteiger partial charge is 0.501 e. The smallest absolute Gasteiger partial charge is 0.253 e. The highest BCUT2D eigenvalue weighted by atomic mass is 19.1. The minimum absolute atomic E-state index is 0.0225. The number of amides is 1. The van der Waals surface area contributed by atoms with Crippen LogP contribution in [0.4, 0.5) is 4.39 Å². The Hall–Kier alpha value is -1.84. The van der Waals surface area contributed by atoms with E-state index >= 15 is 0 Å². The maximum absolute atomic E-state index is 13.1. The fourth-order valence-corrected chi connectivity index (χ4v) is 3.40. The lowest BCUT2D eigenvalue weighted by Crippen LogP contribution is -2.47. The molecule has 0 aliphatic carbocycles. The van der Waals surface area contributed by atoms with Crippen molar-refractivity contribution in [1.29, 1.82) is 0 Å². The van der Waals surface area contributed by atoms with Crippen LogP contribution < -0.4 is 0 Å². The summed E-state index contributed by atoms with van der Waals surface area (Å²) >= 11 is 0. The van der Waals surface area contributed by atoms with Crippen LogP contribution in [0.1, 0.15) is 45.6 Å². The molecule has 1 unspecified atom stereocenters. The van der Waals surface area contributed by atoms with E-state index in [9.17, 15) is 9.18 Å². The molecule has 1 aromatic rings. The van der Waals surface area contributed by atoms with Crippen LogP contribution in [-0.4, -0.2) is 24.0 Å². The van der Waals surface area contributed by atoms with E-state index in [2.05, 4.69) is 13.8 Å². The van der Waals surface area contributed by atoms with Gasteiger partial charge in [0.2, 0.25) is 0 Å². The van der Waals surface area contributed by atoms with Gasteiger partial charge in [0.1, 0.15) is 11.6 Å². The third-order valence-electron chi connectivity index (χ3n) is 4.90. The Labute approximate surface area is 138 Å². The SMILES string of the molecule is CCC(CC)C1CC(OC)=C(C)C(=O)N1Cc1ccc(F)cc1. The van der Waals surface area contributed by atoms with Gasteiger partial charge in [-0.05, 0) is 30.5 Å². The summed E-state index contributed by atoms with van der Waals surface area (Å²) in [7, 11) is 1.63. The van der Waals surface area contributed by atoms with E-state index in [0.717, 1.165) is 30.6 Å². The van der Waals surface area contributed by atoms with Crippen molar-refractivity contribution in [1.82, 2.24) is 4.90 Å². The first-order valence-corrected chi connectivity index (χ1v) is 8.30. The number of rotatable bonds is 6. The molecule has 1 amide bonds. The molecule has 1 aliphatic rings. The number of hydrogen-bond acceptors (Lipinski definition) is 2. The van der Waals surface area contributed by atoms with E-state index in [0.29, 0.717) is 18.0 Å². The van der Waals surface area contributed by atoms with Gasteiger partial charge in [0.05, 0.1) is 12.7 Å². The second-order valence-corrected chi connectivity index (χ2v) is 6.16. The molecule has 1 heterocycles. The van der Waals surface area contributed by atoms with Crippen LogP contribution in [0.5, 0.6) is 0 Å². The molecular weight excluding hydrogens is 293 g/mol. The van der Waals surface area contributed by atoms with Crippen LogP contribution in [0.2, 0.25) is 0 Å². The highest BCUT2D eigenvalue weighted by Crippen LogP contribution is 2.33. The summed E-state index contributed by atoms with van der Waals surface area (Å²) in [6, 6.07) is 6.51. The van der Waals surface area contributed by atoms with Gasteiger partial charge in [0, 0.05) is 19.0 Å². The zero-order chi connectivity index (χ0) is 17.0. The molecule has 4 heteroatoms. The Balaban J connectivity index is 2.32. The number of halogens is 1. The lowest BCUT2D eigenvalue weighted by molar-refractivity contribution is -0.133. The molecule has 0 saturated carbocycles. The van der Waals surface area contributed by atoms with Crippen LogP contribution in [0.3, 0.4) is 0 Å².